The highest BCUT2D eigenvalue weighted by Gasteiger charge is 2.22. The molecule has 2 N–H and O–H groups in total. The lowest BCUT2D eigenvalue weighted by molar-refractivity contribution is 0.164. The summed E-state index contributed by atoms with van der Waals surface area (Å²) in [6.07, 6.45) is 7.72. The van der Waals surface area contributed by atoms with E-state index >= 15 is 0 Å². The molecule has 0 radical (unpaired) electrons. The first-order chi connectivity index (χ1) is 9.34. The van der Waals surface area contributed by atoms with Gasteiger partial charge in [0.1, 0.15) is 17.4 Å². The summed E-state index contributed by atoms with van der Waals surface area (Å²) in [5.74, 6) is 0.862. The van der Waals surface area contributed by atoms with E-state index in [2.05, 4.69) is 17.1 Å². The van der Waals surface area contributed by atoms with Crippen molar-refractivity contribution >= 4 is 10.9 Å². The minimum absolute atomic E-state index is 0.120. The number of fused-ring (bicyclic) bond motifs is 1. The highest BCUT2D eigenvalue weighted by atomic mass is 16.5. The average molecular weight is 256 g/mol. The minimum Gasteiger partial charge on any atom is -0.487 e. The third-order valence-corrected chi connectivity index (χ3v) is 3.88. The smallest absolute Gasteiger partial charge is 0.146 e. The number of hydrogen-bond acceptors (Lipinski definition) is 3. The van der Waals surface area contributed by atoms with Gasteiger partial charge >= 0.3 is 0 Å². The second-order valence-electron chi connectivity index (χ2n) is 5.29. The Bertz CT molecular complexity index is 550. The lowest BCUT2D eigenvalue weighted by Crippen LogP contribution is -2.37. The third-order valence-electron chi connectivity index (χ3n) is 3.88. The fraction of sp³-hybridized carbons (Fsp3) is 0.438. The van der Waals surface area contributed by atoms with Gasteiger partial charge in [0.15, 0.2) is 0 Å². The van der Waals surface area contributed by atoms with Gasteiger partial charge in [0.2, 0.25) is 0 Å². The van der Waals surface area contributed by atoms with Crippen molar-refractivity contribution in [3.05, 3.63) is 36.5 Å². The minimum atomic E-state index is 0.120. The van der Waals surface area contributed by atoms with E-state index in [1.54, 1.807) is 0 Å². The number of nitrogens with two attached hydrogens (primary N) is 1. The monoisotopic (exact) mass is 256 g/mol. The second-order valence-corrected chi connectivity index (χ2v) is 5.29. The molecule has 3 nitrogen and oxygen atoms in total. The summed E-state index contributed by atoms with van der Waals surface area (Å²) in [7, 11) is 0. The van der Waals surface area contributed by atoms with E-state index < -0.39 is 0 Å². The number of aromatic nitrogens is 1. The van der Waals surface area contributed by atoms with Crippen LogP contribution in [0.4, 0.5) is 0 Å². The van der Waals surface area contributed by atoms with Crippen LogP contribution in [0.25, 0.3) is 10.9 Å². The lowest BCUT2D eigenvalue weighted by atomic mass is 10.1. The van der Waals surface area contributed by atoms with E-state index in [0.717, 1.165) is 29.5 Å². The Balaban J connectivity index is 1.88. The van der Waals surface area contributed by atoms with Crippen LogP contribution in [0.15, 0.2) is 36.5 Å². The first kappa shape index (κ1) is 12.4. The molecule has 0 amide bonds. The van der Waals surface area contributed by atoms with Crippen molar-refractivity contribution in [2.45, 2.75) is 44.2 Å². The Morgan fingerprint density at radius 3 is 2.84 bits per heavy atom. The van der Waals surface area contributed by atoms with Gasteiger partial charge in [0.25, 0.3) is 0 Å². The molecule has 2 atom stereocenters. The topological polar surface area (TPSA) is 48.1 Å². The van der Waals surface area contributed by atoms with Crippen LogP contribution < -0.4 is 10.5 Å². The molecule has 1 heterocycles. The van der Waals surface area contributed by atoms with Gasteiger partial charge in [0.05, 0.1) is 0 Å². The normalized spacial score (nSPS) is 24.1. The van der Waals surface area contributed by atoms with Gasteiger partial charge in [0, 0.05) is 17.6 Å². The van der Waals surface area contributed by atoms with Crippen molar-refractivity contribution in [3.8, 4) is 5.75 Å². The van der Waals surface area contributed by atoms with Crippen LogP contribution in [0.1, 0.15) is 32.1 Å². The summed E-state index contributed by atoms with van der Waals surface area (Å²) in [6, 6.07) is 10.2. The average Bonchev–Trinajstić information content (AvgIpc) is 2.65. The number of benzene rings is 1. The summed E-state index contributed by atoms with van der Waals surface area (Å²) >= 11 is 0. The van der Waals surface area contributed by atoms with E-state index in [9.17, 15) is 0 Å². The number of para-hydroxylation sites is 1. The Labute approximate surface area is 113 Å². The van der Waals surface area contributed by atoms with E-state index in [4.69, 9.17) is 10.5 Å². The summed E-state index contributed by atoms with van der Waals surface area (Å²) in [6.45, 7) is 0. The van der Waals surface area contributed by atoms with Gasteiger partial charge in [-0.2, -0.15) is 0 Å². The van der Waals surface area contributed by atoms with E-state index in [1.165, 1.54) is 19.3 Å². The van der Waals surface area contributed by atoms with Crippen LogP contribution in [-0.4, -0.2) is 17.1 Å². The maximum absolute atomic E-state index is 6.23. The highest BCUT2D eigenvalue weighted by Crippen LogP contribution is 2.27. The molecule has 0 spiro atoms. The van der Waals surface area contributed by atoms with Crippen LogP contribution >= 0.6 is 0 Å². The van der Waals surface area contributed by atoms with Gasteiger partial charge in [-0.25, -0.2) is 0 Å². The molecule has 3 rings (SSSR count). The lowest BCUT2D eigenvalue weighted by Gasteiger charge is -2.23. The standard InChI is InChI=1S/C16H20N2O/c17-13-8-2-1-3-9-14(13)19-15-10-4-6-12-7-5-11-18-16(12)15/h4-7,10-11,13-14H,1-3,8-9,17H2. The van der Waals surface area contributed by atoms with Crippen LogP contribution in [0.2, 0.25) is 0 Å². The molecule has 1 aliphatic carbocycles. The third kappa shape index (κ3) is 2.71. The van der Waals surface area contributed by atoms with Crippen LogP contribution in [0.3, 0.4) is 0 Å². The zero-order valence-corrected chi connectivity index (χ0v) is 11.1. The number of hydrogen-bond donors (Lipinski definition) is 1. The van der Waals surface area contributed by atoms with Crippen molar-refractivity contribution in [1.29, 1.82) is 0 Å². The summed E-state index contributed by atoms with van der Waals surface area (Å²) in [4.78, 5) is 4.43. The van der Waals surface area contributed by atoms with Crippen molar-refractivity contribution in [3.63, 3.8) is 0 Å². The summed E-state index contributed by atoms with van der Waals surface area (Å²) in [5, 5.41) is 1.11. The zero-order valence-electron chi connectivity index (χ0n) is 11.1. The Kier molecular flexibility index (Phi) is 3.65. The fourth-order valence-corrected chi connectivity index (χ4v) is 2.78. The predicted octanol–water partition coefficient (Wildman–Crippen LogP) is 3.27. The Hall–Kier alpha value is -1.61. The molecule has 100 valence electrons. The Morgan fingerprint density at radius 2 is 1.89 bits per heavy atom. The van der Waals surface area contributed by atoms with Crippen LogP contribution in [0, 0.1) is 0 Å². The number of ether oxygens (including phenoxy) is 1. The van der Waals surface area contributed by atoms with Gasteiger partial charge in [-0.1, -0.05) is 31.0 Å². The van der Waals surface area contributed by atoms with E-state index in [-0.39, 0.29) is 12.1 Å². The molecule has 2 aromatic rings. The van der Waals surface area contributed by atoms with Crippen molar-refractivity contribution in [2.24, 2.45) is 5.73 Å². The predicted molar refractivity (Wildman–Crippen MR) is 77.2 cm³/mol. The largest absolute Gasteiger partial charge is 0.487 e. The molecule has 1 saturated carbocycles. The molecule has 0 aliphatic heterocycles. The molecule has 1 aromatic heterocycles. The molecular weight excluding hydrogens is 236 g/mol. The fourth-order valence-electron chi connectivity index (χ4n) is 2.78. The summed E-state index contributed by atoms with van der Waals surface area (Å²) in [5.41, 5.74) is 7.16. The molecule has 1 aromatic carbocycles. The molecule has 3 heteroatoms. The molecule has 19 heavy (non-hydrogen) atoms. The van der Waals surface area contributed by atoms with E-state index in [1.807, 2.05) is 24.4 Å². The maximum Gasteiger partial charge on any atom is 0.146 e. The SMILES string of the molecule is NC1CCCCCC1Oc1cccc2cccnc12. The number of pyridine rings is 1. The van der Waals surface area contributed by atoms with Gasteiger partial charge in [-0.05, 0) is 31.4 Å². The number of rotatable bonds is 2. The number of nitrogens with zero attached hydrogens (tertiary/aromatic N) is 1. The molecule has 0 bridgehead atoms. The van der Waals surface area contributed by atoms with Gasteiger partial charge in [-0.15, -0.1) is 0 Å². The van der Waals surface area contributed by atoms with Crippen molar-refractivity contribution in [1.82, 2.24) is 4.98 Å². The first-order valence-corrected chi connectivity index (χ1v) is 7.10. The van der Waals surface area contributed by atoms with Gasteiger partial charge in [-0.3, -0.25) is 4.98 Å². The van der Waals surface area contributed by atoms with Crippen LogP contribution in [0.5, 0.6) is 5.75 Å². The maximum atomic E-state index is 6.23. The first-order valence-electron chi connectivity index (χ1n) is 7.10. The van der Waals surface area contributed by atoms with Crippen molar-refractivity contribution in [2.75, 3.05) is 0 Å². The second kappa shape index (κ2) is 5.57. The van der Waals surface area contributed by atoms with Gasteiger partial charge < -0.3 is 10.5 Å². The zero-order chi connectivity index (χ0) is 13.1. The van der Waals surface area contributed by atoms with E-state index in [0.29, 0.717) is 0 Å². The summed E-state index contributed by atoms with van der Waals surface area (Å²) < 4.78 is 6.17. The van der Waals surface area contributed by atoms with Crippen LogP contribution in [-0.2, 0) is 0 Å². The molecule has 1 aliphatic rings. The molecule has 0 saturated heterocycles. The highest BCUT2D eigenvalue weighted by molar-refractivity contribution is 5.84. The quantitative estimate of drug-likeness (QED) is 0.839. The van der Waals surface area contributed by atoms with Crippen molar-refractivity contribution < 1.29 is 4.74 Å². The molecule has 1 fully saturated rings. The molecular formula is C16H20N2O. The Morgan fingerprint density at radius 1 is 1.05 bits per heavy atom. The molecule has 2 unspecified atom stereocenters.